The molecule has 6 heteroatoms. The van der Waals surface area contributed by atoms with Gasteiger partial charge in [-0.3, -0.25) is 4.79 Å². The van der Waals surface area contributed by atoms with E-state index >= 15 is 0 Å². The van der Waals surface area contributed by atoms with E-state index < -0.39 is 0 Å². The standard InChI is InChI=1S/C13H16N2O3S/c1-8(7-17-2)12(16)14-9-4-5-10-11(6-9)19-13(15-10)18-3/h4-6,8H,7H2,1-3H3,(H,14,16)/t8-/m1/s1. The van der Waals surface area contributed by atoms with Gasteiger partial charge in [-0.2, -0.15) is 0 Å². The predicted octanol–water partition coefficient (Wildman–Crippen LogP) is 2.53. The van der Waals surface area contributed by atoms with Gasteiger partial charge in [0.15, 0.2) is 0 Å². The van der Waals surface area contributed by atoms with E-state index in [1.165, 1.54) is 11.3 Å². The number of aromatic nitrogens is 1. The summed E-state index contributed by atoms with van der Waals surface area (Å²) in [6.45, 7) is 2.23. The highest BCUT2D eigenvalue weighted by molar-refractivity contribution is 7.20. The maximum absolute atomic E-state index is 11.9. The number of thiazole rings is 1. The van der Waals surface area contributed by atoms with Gasteiger partial charge in [0.2, 0.25) is 5.91 Å². The van der Waals surface area contributed by atoms with Gasteiger partial charge < -0.3 is 14.8 Å². The van der Waals surface area contributed by atoms with Crippen LogP contribution in [0.3, 0.4) is 0 Å². The predicted molar refractivity (Wildman–Crippen MR) is 75.8 cm³/mol. The lowest BCUT2D eigenvalue weighted by atomic mass is 10.2. The molecule has 0 aliphatic heterocycles. The summed E-state index contributed by atoms with van der Waals surface area (Å²) in [7, 11) is 3.17. The Balaban J connectivity index is 2.14. The molecular weight excluding hydrogens is 264 g/mol. The van der Waals surface area contributed by atoms with E-state index in [1.54, 1.807) is 14.2 Å². The van der Waals surface area contributed by atoms with Gasteiger partial charge in [0.25, 0.3) is 5.19 Å². The number of amides is 1. The average Bonchev–Trinajstić information content (AvgIpc) is 2.81. The number of fused-ring (bicyclic) bond motifs is 1. The summed E-state index contributed by atoms with van der Waals surface area (Å²) in [6.07, 6.45) is 0. The summed E-state index contributed by atoms with van der Waals surface area (Å²) in [6, 6.07) is 5.59. The van der Waals surface area contributed by atoms with Crippen molar-refractivity contribution >= 4 is 33.1 Å². The molecule has 0 fully saturated rings. The van der Waals surface area contributed by atoms with E-state index in [-0.39, 0.29) is 11.8 Å². The molecule has 0 radical (unpaired) electrons. The second-order valence-electron chi connectivity index (χ2n) is 4.21. The number of rotatable bonds is 5. The van der Waals surface area contributed by atoms with Gasteiger partial charge in [-0.15, -0.1) is 0 Å². The van der Waals surface area contributed by atoms with Crippen molar-refractivity contribution in [2.24, 2.45) is 5.92 Å². The molecule has 19 heavy (non-hydrogen) atoms. The number of hydrogen-bond acceptors (Lipinski definition) is 5. The van der Waals surface area contributed by atoms with Crippen molar-refractivity contribution in [1.82, 2.24) is 4.98 Å². The first-order valence-electron chi connectivity index (χ1n) is 5.88. The average molecular weight is 280 g/mol. The number of methoxy groups -OCH3 is 2. The molecule has 1 N–H and O–H groups in total. The highest BCUT2D eigenvalue weighted by Gasteiger charge is 2.13. The Morgan fingerprint density at radius 2 is 2.26 bits per heavy atom. The zero-order valence-electron chi connectivity index (χ0n) is 11.1. The number of carbonyl (C=O) groups is 1. The summed E-state index contributed by atoms with van der Waals surface area (Å²) < 4.78 is 11.0. The molecule has 0 aliphatic carbocycles. The minimum absolute atomic E-state index is 0.0577. The quantitative estimate of drug-likeness (QED) is 0.914. The fourth-order valence-corrected chi connectivity index (χ4v) is 2.48. The molecule has 0 unspecified atom stereocenters. The topological polar surface area (TPSA) is 60.5 Å². The Morgan fingerprint density at radius 1 is 1.47 bits per heavy atom. The van der Waals surface area contributed by atoms with Crippen LogP contribution >= 0.6 is 11.3 Å². The van der Waals surface area contributed by atoms with Crippen LogP contribution in [0.4, 0.5) is 5.69 Å². The van der Waals surface area contributed by atoms with E-state index in [0.717, 1.165) is 15.9 Å². The molecule has 2 aromatic rings. The molecule has 0 spiro atoms. The number of hydrogen-bond donors (Lipinski definition) is 1. The van der Waals surface area contributed by atoms with Gasteiger partial charge in [0.05, 0.1) is 29.9 Å². The van der Waals surface area contributed by atoms with Crippen molar-refractivity contribution in [3.05, 3.63) is 18.2 Å². The lowest BCUT2D eigenvalue weighted by molar-refractivity contribution is -0.120. The van der Waals surface area contributed by atoms with Gasteiger partial charge >= 0.3 is 0 Å². The minimum Gasteiger partial charge on any atom is -0.473 e. The summed E-state index contributed by atoms with van der Waals surface area (Å²) in [4.78, 5) is 16.2. The third-order valence-corrected chi connectivity index (χ3v) is 3.65. The summed E-state index contributed by atoms with van der Waals surface area (Å²) in [5.74, 6) is -0.241. The lowest BCUT2D eigenvalue weighted by Crippen LogP contribution is -2.23. The smallest absolute Gasteiger partial charge is 0.274 e. The van der Waals surface area contributed by atoms with E-state index in [9.17, 15) is 4.79 Å². The Bertz CT molecular complexity index is 582. The molecule has 102 valence electrons. The minimum atomic E-state index is -0.184. The number of carbonyl (C=O) groups excluding carboxylic acids is 1. The van der Waals surface area contributed by atoms with Gasteiger partial charge in [-0.05, 0) is 18.2 Å². The first-order chi connectivity index (χ1) is 9.13. The second-order valence-corrected chi connectivity index (χ2v) is 5.21. The molecule has 0 saturated carbocycles. The zero-order valence-corrected chi connectivity index (χ0v) is 11.9. The van der Waals surface area contributed by atoms with Crippen LogP contribution in [0.5, 0.6) is 5.19 Å². The van der Waals surface area contributed by atoms with Crippen LogP contribution < -0.4 is 10.1 Å². The van der Waals surface area contributed by atoms with Crippen LogP contribution in [0.2, 0.25) is 0 Å². The number of nitrogens with zero attached hydrogens (tertiary/aromatic N) is 1. The van der Waals surface area contributed by atoms with Crippen molar-refractivity contribution in [2.75, 3.05) is 26.1 Å². The number of ether oxygens (including phenoxy) is 2. The molecule has 0 bridgehead atoms. The molecule has 0 saturated heterocycles. The molecule has 5 nitrogen and oxygen atoms in total. The van der Waals surface area contributed by atoms with Crippen LogP contribution in [0.25, 0.3) is 10.2 Å². The summed E-state index contributed by atoms with van der Waals surface area (Å²) in [5.41, 5.74) is 1.62. The lowest BCUT2D eigenvalue weighted by Gasteiger charge is -2.10. The third-order valence-electron chi connectivity index (χ3n) is 2.68. The largest absolute Gasteiger partial charge is 0.473 e. The SMILES string of the molecule is COC[C@@H](C)C(=O)Nc1ccc2nc(OC)sc2c1. The van der Waals surface area contributed by atoms with Gasteiger partial charge in [-0.25, -0.2) is 4.98 Å². The fraction of sp³-hybridized carbons (Fsp3) is 0.385. The van der Waals surface area contributed by atoms with E-state index in [4.69, 9.17) is 9.47 Å². The fourth-order valence-electron chi connectivity index (χ4n) is 1.66. The molecule has 1 aromatic heterocycles. The van der Waals surface area contributed by atoms with Crippen molar-refractivity contribution in [1.29, 1.82) is 0 Å². The molecule has 0 aliphatic rings. The van der Waals surface area contributed by atoms with E-state index in [1.807, 2.05) is 25.1 Å². The maximum Gasteiger partial charge on any atom is 0.274 e. The Morgan fingerprint density at radius 3 is 2.95 bits per heavy atom. The van der Waals surface area contributed by atoms with Crippen LogP contribution in [0.15, 0.2) is 18.2 Å². The zero-order chi connectivity index (χ0) is 13.8. The van der Waals surface area contributed by atoms with Gasteiger partial charge in [-0.1, -0.05) is 18.3 Å². The van der Waals surface area contributed by atoms with Crippen molar-refractivity contribution in [3.8, 4) is 5.19 Å². The van der Waals surface area contributed by atoms with E-state index in [0.29, 0.717) is 11.8 Å². The van der Waals surface area contributed by atoms with Gasteiger partial charge in [0, 0.05) is 12.8 Å². The van der Waals surface area contributed by atoms with Crippen LogP contribution in [-0.2, 0) is 9.53 Å². The maximum atomic E-state index is 11.9. The Hall–Kier alpha value is -1.66. The van der Waals surface area contributed by atoms with Gasteiger partial charge in [0.1, 0.15) is 0 Å². The van der Waals surface area contributed by atoms with Crippen molar-refractivity contribution in [3.63, 3.8) is 0 Å². The number of nitrogens with one attached hydrogen (secondary N) is 1. The second kappa shape index (κ2) is 5.99. The van der Waals surface area contributed by atoms with Crippen LogP contribution in [0, 0.1) is 5.92 Å². The molecule has 1 heterocycles. The van der Waals surface area contributed by atoms with Crippen molar-refractivity contribution in [2.45, 2.75) is 6.92 Å². The highest BCUT2D eigenvalue weighted by atomic mass is 32.1. The first-order valence-corrected chi connectivity index (χ1v) is 6.70. The Kier molecular flexibility index (Phi) is 4.34. The molecule has 1 atom stereocenters. The van der Waals surface area contributed by atoms with E-state index in [2.05, 4.69) is 10.3 Å². The molecule has 1 amide bonds. The molecular formula is C13H16N2O3S. The molecule has 1 aromatic carbocycles. The highest BCUT2D eigenvalue weighted by Crippen LogP contribution is 2.29. The molecule has 2 rings (SSSR count). The van der Waals surface area contributed by atoms with Crippen molar-refractivity contribution < 1.29 is 14.3 Å². The van der Waals surface area contributed by atoms with Crippen LogP contribution in [-0.4, -0.2) is 31.7 Å². The number of benzene rings is 1. The monoisotopic (exact) mass is 280 g/mol. The first kappa shape index (κ1) is 13.8. The number of anilines is 1. The van der Waals surface area contributed by atoms with Crippen LogP contribution in [0.1, 0.15) is 6.92 Å². The summed E-state index contributed by atoms with van der Waals surface area (Å²) >= 11 is 1.45. The summed E-state index contributed by atoms with van der Waals surface area (Å²) in [5, 5.41) is 3.48. The third kappa shape index (κ3) is 3.21. The Labute approximate surface area is 115 Å². The normalized spacial score (nSPS) is 12.4.